The van der Waals surface area contributed by atoms with Gasteiger partial charge in [0.25, 0.3) is 11.7 Å². The number of carbonyl (C=O) groups excluding carboxylic acids is 2. The number of quaternary nitrogens is 1. The Kier molecular flexibility index (Phi) is 7.64. The van der Waals surface area contributed by atoms with E-state index in [4.69, 9.17) is 4.74 Å². The number of amides is 1. The zero-order valence-corrected chi connectivity index (χ0v) is 18.7. The number of rotatable bonds is 9. The Balaban J connectivity index is 2.03. The lowest BCUT2D eigenvalue weighted by molar-refractivity contribution is -0.858. The molecule has 1 fully saturated rings. The fraction of sp³-hybridized carbons (Fsp3) is 0.360. The molecule has 0 aliphatic carbocycles. The second-order valence-corrected chi connectivity index (χ2v) is 8.23. The molecule has 3 rings (SSSR count). The number of nitrogens with one attached hydrogen (secondary N) is 1. The Bertz CT molecular complexity index is 984. The van der Waals surface area contributed by atoms with Crippen molar-refractivity contribution in [2.45, 2.75) is 25.8 Å². The molecule has 1 aliphatic rings. The average Bonchev–Trinajstić information content (AvgIpc) is 3.03. The third-order valence-electron chi connectivity index (χ3n) is 5.40. The second kappa shape index (κ2) is 10.4. The monoisotopic (exact) mass is 441 g/mol. The summed E-state index contributed by atoms with van der Waals surface area (Å²) >= 11 is 0. The average molecular weight is 442 g/mol. The van der Waals surface area contributed by atoms with E-state index in [1.807, 2.05) is 33.2 Å². The summed E-state index contributed by atoms with van der Waals surface area (Å²) < 4.78 is 19.0. The molecule has 0 spiro atoms. The van der Waals surface area contributed by atoms with E-state index >= 15 is 0 Å². The van der Waals surface area contributed by atoms with Crippen LogP contribution in [0.5, 0.6) is 5.75 Å². The molecule has 170 valence electrons. The van der Waals surface area contributed by atoms with Gasteiger partial charge in [-0.1, -0.05) is 19.1 Å². The summed E-state index contributed by atoms with van der Waals surface area (Å²) in [5.41, 5.74) is 1.00. The van der Waals surface area contributed by atoms with Crippen molar-refractivity contribution in [3.8, 4) is 5.75 Å². The van der Waals surface area contributed by atoms with Crippen LogP contribution in [0.1, 0.15) is 36.9 Å². The summed E-state index contributed by atoms with van der Waals surface area (Å²) in [4.78, 5) is 28.6. The van der Waals surface area contributed by atoms with Crippen molar-refractivity contribution in [1.29, 1.82) is 0 Å². The molecule has 0 unspecified atom stereocenters. The molecule has 0 saturated carbocycles. The first kappa shape index (κ1) is 23.5. The maximum Gasteiger partial charge on any atom is 0.295 e. The summed E-state index contributed by atoms with van der Waals surface area (Å²) in [5, 5.41) is 11.0. The number of halogens is 1. The lowest BCUT2D eigenvalue weighted by Crippen LogP contribution is -3.05. The number of Topliss-reactive ketones (excluding diaryl/α,β-unsaturated/α-hetero) is 1. The van der Waals surface area contributed by atoms with E-state index in [1.165, 1.54) is 34.1 Å². The van der Waals surface area contributed by atoms with Crippen molar-refractivity contribution in [3.05, 3.63) is 71.0 Å². The molecular weight excluding hydrogens is 411 g/mol. The fourth-order valence-electron chi connectivity index (χ4n) is 3.79. The third-order valence-corrected chi connectivity index (χ3v) is 5.40. The van der Waals surface area contributed by atoms with Crippen molar-refractivity contribution < 1.29 is 28.7 Å². The van der Waals surface area contributed by atoms with Crippen molar-refractivity contribution in [2.75, 3.05) is 33.8 Å². The van der Waals surface area contributed by atoms with Gasteiger partial charge in [0.15, 0.2) is 0 Å². The summed E-state index contributed by atoms with van der Waals surface area (Å²) in [5.74, 6) is -1.44. The number of hydrogen-bond acceptors (Lipinski definition) is 4. The lowest BCUT2D eigenvalue weighted by atomic mass is 9.95. The minimum atomic E-state index is -0.736. The Hall–Kier alpha value is -3.19. The van der Waals surface area contributed by atoms with Gasteiger partial charge in [-0.05, 0) is 48.4 Å². The normalized spacial score (nSPS) is 17.9. The van der Waals surface area contributed by atoms with Crippen molar-refractivity contribution in [2.24, 2.45) is 0 Å². The van der Waals surface area contributed by atoms with Crippen LogP contribution >= 0.6 is 0 Å². The Morgan fingerprint density at radius 1 is 1.09 bits per heavy atom. The van der Waals surface area contributed by atoms with Gasteiger partial charge in [-0.25, -0.2) is 4.39 Å². The fourth-order valence-corrected chi connectivity index (χ4v) is 3.79. The molecule has 7 heteroatoms. The molecule has 2 aromatic carbocycles. The topological polar surface area (TPSA) is 71.3 Å². The van der Waals surface area contributed by atoms with Gasteiger partial charge in [0.2, 0.25) is 0 Å². The smallest absolute Gasteiger partial charge is 0.295 e. The molecule has 1 aliphatic heterocycles. The highest BCUT2D eigenvalue weighted by atomic mass is 19.1. The Labute approximate surface area is 187 Å². The molecule has 0 bridgehead atoms. The molecule has 1 amide bonds. The van der Waals surface area contributed by atoms with Crippen LogP contribution in [0.3, 0.4) is 0 Å². The van der Waals surface area contributed by atoms with Crippen LogP contribution in [-0.2, 0) is 9.59 Å². The molecule has 0 radical (unpaired) electrons. The van der Waals surface area contributed by atoms with Crippen LogP contribution in [0.4, 0.5) is 4.39 Å². The number of aliphatic hydroxyl groups excluding tert-OH is 1. The molecule has 2 aromatic rings. The number of aliphatic hydroxyl groups is 1. The van der Waals surface area contributed by atoms with Crippen molar-refractivity contribution in [3.63, 3.8) is 0 Å². The van der Waals surface area contributed by atoms with E-state index in [0.29, 0.717) is 30.9 Å². The molecule has 6 nitrogen and oxygen atoms in total. The van der Waals surface area contributed by atoms with Crippen molar-refractivity contribution >= 4 is 17.4 Å². The predicted octanol–water partition coefficient (Wildman–Crippen LogP) is 2.57. The number of likely N-dealkylation sites (tertiary alicyclic amines) is 1. The summed E-state index contributed by atoms with van der Waals surface area (Å²) in [6.45, 7) is 3.83. The zero-order valence-electron chi connectivity index (χ0n) is 18.7. The number of hydrogen-bond donors (Lipinski definition) is 2. The molecular formula is C25H30FN2O4+. The third kappa shape index (κ3) is 5.16. The van der Waals surface area contributed by atoms with E-state index in [9.17, 15) is 19.1 Å². The lowest BCUT2D eigenvalue weighted by Gasteiger charge is -2.25. The van der Waals surface area contributed by atoms with E-state index in [0.717, 1.165) is 13.0 Å². The van der Waals surface area contributed by atoms with Crippen LogP contribution in [0.25, 0.3) is 5.76 Å². The van der Waals surface area contributed by atoms with Gasteiger partial charge < -0.3 is 19.6 Å². The SMILES string of the molecule is CCCOc1ccc([C@@H]2/C(=C(/O)c3ccc(F)cc3)C(=O)C(=O)N2CCC[NH+](C)C)cc1. The molecule has 32 heavy (non-hydrogen) atoms. The summed E-state index contributed by atoms with van der Waals surface area (Å²) in [6, 6.07) is 11.7. The highest BCUT2D eigenvalue weighted by Gasteiger charge is 2.45. The number of carbonyl (C=O) groups is 2. The van der Waals surface area contributed by atoms with Gasteiger partial charge in [-0.2, -0.15) is 0 Å². The standard InChI is InChI=1S/C25H29FN2O4/c1-4-16-32-20-12-8-17(9-13-20)22-21(23(29)18-6-10-19(26)11-7-18)24(30)25(31)28(22)15-5-14-27(2)3/h6-13,22,29H,4-5,14-16H2,1-3H3/p+1/b23-21-/t22-/m1/s1. The minimum Gasteiger partial charge on any atom is -0.507 e. The number of ketones is 1. The summed E-state index contributed by atoms with van der Waals surface area (Å²) in [6.07, 6.45) is 1.59. The maximum atomic E-state index is 13.4. The molecule has 1 heterocycles. The van der Waals surface area contributed by atoms with Crippen molar-refractivity contribution in [1.82, 2.24) is 4.90 Å². The second-order valence-electron chi connectivity index (χ2n) is 8.23. The van der Waals surface area contributed by atoms with Crippen LogP contribution < -0.4 is 9.64 Å². The molecule has 0 aromatic heterocycles. The van der Waals surface area contributed by atoms with Crippen LogP contribution in [0.2, 0.25) is 0 Å². The maximum absolute atomic E-state index is 13.4. The van der Waals surface area contributed by atoms with Gasteiger partial charge in [0.1, 0.15) is 17.3 Å². The molecule has 1 atom stereocenters. The van der Waals surface area contributed by atoms with Crippen LogP contribution in [0, 0.1) is 5.82 Å². The predicted molar refractivity (Wildman–Crippen MR) is 120 cm³/mol. The Morgan fingerprint density at radius 2 is 1.75 bits per heavy atom. The van der Waals surface area contributed by atoms with Gasteiger partial charge in [0.05, 0.1) is 38.9 Å². The van der Waals surface area contributed by atoms with Gasteiger partial charge in [0, 0.05) is 18.5 Å². The number of benzene rings is 2. The first-order chi connectivity index (χ1) is 15.3. The highest BCUT2D eigenvalue weighted by molar-refractivity contribution is 6.46. The zero-order chi connectivity index (χ0) is 23.3. The number of ether oxygens (including phenoxy) is 1. The van der Waals surface area contributed by atoms with Crippen LogP contribution in [-0.4, -0.2) is 55.5 Å². The quantitative estimate of drug-likeness (QED) is 0.357. The van der Waals surface area contributed by atoms with Gasteiger partial charge in [-0.3, -0.25) is 9.59 Å². The van der Waals surface area contributed by atoms with E-state index < -0.39 is 23.5 Å². The minimum absolute atomic E-state index is 0.0148. The highest BCUT2D eigenvalue weighted by Crippen LogP contribution is 2.39. The van der Waals surface area contributed by atoms with E-state index in [-0.39, 0.29) is 16.9 Å². The first-order valence-electron chi connectivity index (χ1n) is 10.9. The molecule has 1 saturated heterocycles. The summed E-state index contributed by atoms with van der Waals surface area (Å²) in [7, 11) is 4.05. The van der Waals surface area contributed by atoms with Crippen LogP contribution in [0.15, 0.2) is 54.1 Å². The van der Waals surface area contributed by atoms with E-state index in [2.05, 4.69) is 0 Å². The van der Waals surface area contributed by atoms with Gasteiger partial charge in [-0.15, -0.1) is 0 Å². The Morgan fingerprint density at radius 3 is 2.34 bits per heavy atom. The number of nitrogens with zero attached hydrogens (tertiary/aromatic N) is 1. The van der Waals surface area contributed by atoms with E-state index in [1.54, 1.807) is 12.1 Å². The molecule has 2 N–H and O–H groups in total. The first-order valence-corrected chi connectivity index (χ1v) is 10.9. The van der Waals surface area contributed by atoms with Gasteiger partial charge >= 0.3 is 0 Å². The largest absolute Gasteiger partial charge is 0.507 e.